The standard InChI is InChI=1S/C8H6FNO2S/c1-11-6-3-5-7(2-4(6)9)12-8(13)10-5/h2-3H,1H3,(H,10,13). The first-order valence-corrected chi connectivity index (χ1v) is 3.98. The summed E-state index contributed by atoms with van der Waals surface area (Å²) in [5, 5.41) is 0.211. The van der Waals surface area contributed by atoms with Crippen molar-refractivity contribution in [1.29, 1.82) is 0 Å². The molecule has 3 nitrogen and oxygen atoms in total. The fraction of sp³-hybridized carbons (Fsp3) is 0.125. The molecule has 0 saturated heterocycles. The second kappa shape index (κ2) is 2.92. The Morgan fingerprint density at radius 3 is 3.00 bits per heavy atom. The van der Waals surface area contributed by atoms with Crippen LogP contribution in [0.1, 0.15) is 0 Å². The number of methoxy groups -OCH3 is 1. The van der Waals surface area contributed by atoms with Crippen molar-refractivity contribution in [2.75, 3.05) is 7.11 Å². The molecule has 0 unspecified atom stereocenters. The predicted octanol–water partition coefficient (Wildman–Crippen LogP) is 2.26. The van der Waals surface area contributed by atoms with Gasteiger partial charge in [0.15, 0.2) is 17.1 Å². The summed E-state index contributed by atoms with van der Waals surface area (Å²) in [5.74, 6) is -0.325. The van der Waals surface area contributed by atoms with Crippen molar-refractivity contribution in [3.8, 4) is 5.75 Å². The summed E-state index contributed by atoms with van der Waals surface area (Å²) < 4.78 is 22.9. The van der Waals surface area contributed by atoms with Gasteiger partial charge in [-0.25, -0.2) is 9.37 Å². The highest BCUT2D eigenvalue weighted by Crippen LogP contribution is 2.25. The lowest BCUT2D eigenvalue weighted by atomic mass is 10.3. The van der Waals surface area contributed by atoms with E-state index in [1.807, 2.05) is 0 Å². The van der Waals surface area contributed by atoms with Crippen LogP contribution < -0.4 is 4.74 Å². The molecule has 0 radical (unpaired) electrons. The number of aromatic nitrogens is 1. The third-order valence-corrected chi connectivity index (χ3v) is 1.84. The van der Waals surface area contributed by atoms with Crippen LogP contribution in [0.25, 0.3) is 11.1 Å². The van der Waals surface area contributed by atoms with E-state index in [2.05, 4.69) is 17.6 Å². The van der Waals surface area contributed by atoms with Crippen LogP contribution in [-0.2, 0) is 0 Å². The second-order valence-corrected chi connectivity index (χ2v) is 2.83. The second-order valence-electron chi connectivity index (χ2n) is 2.45. The van der Waals surface area contributed by atoms with E-state index in [4.69, 9.17) is 9.15 Å². The zero-order valence-corrected chi connectivity index (χ0v) is 7.64. The molecule has 1 aromatic heterocycles. The maximum absolute atomic E-state index is 13.1. The summed E-state index contributed by atoms with van der Waals surface area (Å²) in [6.07, 6.45) is 0. The van der Waals surface area contributed by atoms with Gasteiger partial charge in [0.2, 0.25) is 0 Å². The van der Waals surface area contributed by atoms with Crippen LogP contribution in [0.3, 0.4) is 0 Å². The first kappa shape index (κ1) is 8.37. The average molecular weight is 199 g/mol. The lowest BCUT2D eigenvalue weighted by molar-refractivity contribution is 0.386. The Morgan fingerprint density at radius 2 is 2.31 bits per heavy atom. The molecule has 2 rings (SSSR count). The molecular weight excluding hydrogens is 193 g/mol. The van der Waals surface area contributed by atoms with E-state index in [0.29, 0.717) is 11.1 Å². The molecule has 0 aliphatic rings. The molecule has 5 heteroatoms. The minimum Gasteiger partial charge on any atom is -0.494 e. The van der Waals surface area contributed by atoms with Gasteiger partial charge < -0.3 is 9.15 Å². The minimum absolute atomic E-state index is 0.147. The predicted molar refractivity (Wildman–Crippen MR) is 47.8 cm³/mol. The van der Waals surface area contributed by atoms with E-state index in [9.17, 15) is 4.39 Å². The van der Waals surface area contributed by atoms with E-state index in [0.717, 1.165) is 0 Å². The summed E-state index contributed by atoms with van der Waals surface area (Å²) in [7, 11) is 1.39. The molecule has 1 heterocycles. The maximum atomic E-state index is 13.1. The van der Waals surface area contributed by atoms with Gasteiger partial charge in [0.25, 0.3) is 5.22 Å². The smallest absolute Gasteiger partial charge is 0.253 e. The number of halogens is 1. The third kappa shape index (κ3) is 1.35. The number of hydrogen-bond donors (Lipinski definition) is 1. The van der Waals surface area contributed by atoms with E-state index in [1.165, 1.54) is 19.2 Å². The van der Waals surface area contributed by atoms with Crippen molar-refractivity contribution < 1.29 is 13.5 Å². The van der Waals surface area contributed by atoms with Crippen LogP contribution in [-0.4, -0.2) is 12.1 Å². The highest BCUT2D eigenvalue weighted by molar-refractivity contribution is 7.80. The van der Waals surface area contributed by atoms with Crippen molar-refractivity contribution in [1.82, 2.24) is 4.98 Å². The van der Waals surface area contributed by atoms with Crippen molar-refractivity contribution in [3.05, 3.63) is 17.9 Å². The fourth-order valence-electron chi connectivity index (χ4n) is 1.07. The molecule has 0 saturated carbocycles. The maximum Gasteiger partial charge on any atom is 0.253 e. The van der Waals surface area contributed by atoms with Crippen LogP contribution in [0, 0.1) is 5.82 Å². The molecule has 0 atom stereocenters. The molecule has 1 aromatic carbocycles. The molecule has 0 bridgehead atoms. The zero-order chi connectivity index (χ0) is 9.42. The number of hydrogen-bond acceptors (Lipinski definition) is 4. The molecule has 2 aromatic rings. The first-order valence-electron chi connectivity index (χ1n) is 3.54. The summed E-state index contributed by atoms with van der Waals surface area (Å²) in [6.45, 7) is 0. The van der Waals surface area contributed by atoms with Crippen LogP contribution in [0.2, 0.25) is 0 Å². The largest absolute Gasteiger partial charge is 0.494 e. The lowest BCUT2D eigenvalue weighted by Gasteiger charge is -1.98. The van der Waals surface area contributed by atoms with E-state index in [1.54, 1.807) is 0 Å². The van der Waals surface area contributed by atoms with Crippen molar-refractivity contribution in [3.63, 3.8) is 0 Å². The number of benzene rings is 1. The Balaban J connectivity index is 2.72. The summed E-state index contributed by atoms with van der Waals surface area (Å²) >= 11 is 3.90. The highest BCUT2D eigenvalue weighted by Gasteiger charge is 2.09. The summed E-state index contributed by atoms with van der Waals surface area (Å²) in [5.41, 5.74) is 0.895. The number of nitrogens with zero attached hydrogens (tertiary/aromatic N) is 1. The summed E-state index contributed by atoms with van der Waals surface area (Å²) in [6, 6.07) is 2.69. The SMILES string of the molecule is COc1cc2nc(S)oc2cc1F. The topological polar surface area (TPSA) is 35.3 Å². The van der Waals surface area contributed by atoms with Gasteiger partial charge >= 0.3 is 0 Å². The minimum atomic E-state index is -0.473. The Morgan fingerprint density at radius 1 is 1.54 bits per heavy atom. The monoisotopic (exact) mass is 199 g/mol. The normalized spacial score (nSPS) is 10.7. The average Bonchev–Trinajstić information content (AvgIpc) is 2.42. The molecule has 0 aliphatic carbocycles. The van der Waals surface area contributed by atoms with Gasteiger partial charge in [-0.2, -0.15) is 0 Å². The van der Waals surface area contributed by atoms with E-state index >= 15 is 0 Å². The third-order valence-electron chi connectivity index (χ3n) is 1.65. The first-order chi connectivity index (χ1) is 6.20. The molecule has 68 valence electrons. The number of ether oxygens (including phenoxy) is 1. The Kier molecular flexibility index (Phi) is 1.88. The molecule has 13 heavy (non-hydrogen) atoms. The number of oxazole rings is 1. The Hall–Kier alpha value is -1.23. The van der Waals surface area contributed by atoms with E-state index < -0.39 is 5.82 Å². The van der Waals surface area contributed by atoms with Gasteiger partial charge in [0.1, 0.15) is 5.52 Å². The zero-order valence-electron chi connectivity index (χ0n) is 6.74. The van der Waals surface area contributed by atoms with Crippen LogP contribution in [0.5, 0.6) is 5.75 Å². The molecule has 0 fully saturated rings. The van der Waals surface area contributed by atoms with Crippen molar-refractivity contribution in [2.45, 2.75) is 5.22 Å². The van der Waals surface area contributed by atoms with Gasteiger partial charge in [0.05, 0.1) is 7.11 Å². The molecule has 0 spiro atoms. The Labute approximate surface area is 78.9 Å². The van der Waals surface area contributed by atoms with Crippen LogP contribution in [0.15, 0.2) is 21.8 Å². The lowest BCUT2D eigenvalue weighted by Crippen LogP contribution is -1.86. The summed E-state index contributed by atoms with van der Waals surface area (Å²) in [4.78, 5) is 3.91. The van der Waals surface area contributed by atoms with Crippen molar-refractivity contribution in [2.24, 2.45) is 0 Å². The van der Waals surface area contributed by atoms with Gasteiger partial charge in [-0.1, -0.05) is 12.6 Å². The van der Waals surface area contributed by atoms with Gasteiger partial charge in [-0.15, -0.1) is 0 Å². The highest BCUT2D eigenvalue weighted by atomic mass is 32.1. The van der Waals surface area contributed by atoms with Crippen LogP contribution >= 0.6 is 12.6 Å². The molecule has 0 N–H and O–H groups in total. The Bertz CT molecular complexity index is 455. The molecular formula is C8H6FNO2S. The van der Waals surface area contributed by atoms with Crippen molar-refractivity contribution >= 4 is 23.7 Å². The number of thiol groups is 1. The van der Waals surface area contributed by atoms with Gasteiger partial charge in [-0.05, 0) is 0 Å². The fourth-order valence-corrected chi connectivity index (χ4v) is 1.28. The van der Waals surface area contributed by atoms with Crippen LogP contribution in [0.4, 0.5) is 4.39 Å². The number of fused-ring (bicyclic) bond motifs is 1. The van der Waals surface area contributed by atoms with Gasteiger partial charge in [0, 0.05) is 12.1 Å². The quantitative estimate of drug-likeness (QED) is 0.715. The number of rotatable bonds is 1. The van der Waals surface area contributed by atoms with E-state index in [-0.39, 0.29) is 11.0 Å². The van der Waals surface area contributed by atoms with Gasteiger partial charge in [-0.3, -0.25) is 0 Å². The molecule has 0 amide bonds. The molecule has 0 aliphatic heterocycles.